The zero-order chi connectivity index (χ0) is 26.3. The highest BCUT2D eigenvalue weighted by Crippen LogP contribution is 2.22. The van der Waals surface area contributed by atoms with Crippen LogP contribution < -0.4 is 10.6 Å². The molecule has 4 heterocycles. The Labute approximate surface area is 220 Å². The van der Waals surface area contributed by atoms with E-state index in [1.54, 1.807) is 12.3 Å². The van der Waals surface area contributed by atoms with Crippen LogP contribution in [0.5, 0.6) is 0 Å². The van der Waals surface area contributed by atoms with E-state index in [1.165, 1.54) is 18.3 Å². The second kappa shape index (κ2) is 12.8. The van der Waals surface area contributed by atoms with E-state index in [4.69, 9.17) is 9.84 Å². The van der Waals surface area contributed by atoms with Crippen molar-refractivity contribution in [3.8, 4) is 0 Å². The molecule has 10 nitrogen and oxygen atoms in total. The molecule has 3 N–H and O–H groups in total. The molecule has 0 spiro atoms. The van der Waals surface area contributed by atoms with E-state index in [9.17, 15) is 19.2 Å². The number of carbonyl (C=O) groups is 4. The van der Waals surface area contributed by atoms with Gasteiger partial charge in [-0.05, 0) is 80.2 Å². The molecule has 4 rings (SSSR count). The fourth-order valence-corrected chi connectivity index (χ4v) is 3.40. The van der Waals surface area contributed by atoms with Crippen molar-refractivity contribution >= 4 is 59.9 Å². The van der Waals surface area contributed by atoms with Crippen LogP contribution in [0.1, 0.15) is 55.9 Å². The predicted octanol–water partition coefficient (Wildman–Crippen LogP) is 3.81. The van der Waals surface area contributed by atoms with E-state index in [1.807, 2.05) is 32.9 Å². The first-order valence-electron chi connectivity index (χ1n) is 11.4. The van der Waals surface area contributed by atoms with Crippen LogP contribution in [0.2, 0.25) is 0 Å². The lowest BCUT2D eigenvalue weighted by Crippen LogP contribution is -2.22. The van der Waals surface area contributed by atoms with Crippen molar-refractivity contribution in [3.05, 3.63) is 58.9 Å². The number of halogens is 1. The normalized spacial score (nSPS) is 14.4. The third-order valence-corrected chi connectivity index (χ3v) is 4.97. The summed E-state index contributed by atoms with van der Waals surface area (Å²) >= 11 is 0. The van der Waals surface area contributed by atoms with Crippen molar-refractivity contribution in [3.63, 3.8) is 0 Å². The Balaban J connectivity index is 0.000000259. The number of ether oxygens (including phenoxy) is 1. The number of nitrogens with one attached hydrogen (secondary N) is 2. The second-order valence-corrected chi connectivity index (χ2v) is 9.19. The Kier molecular flexibility index (Phi) is 10.1. The van der Waals surface area contributed by atoms with Gasteiger partial charge >= 0.3 is 11.9 Å². The van der Waals surface area contributed by atoms with Gasteiger partial charge in [-0.3, -0.25) is 9.59 Å². The van der Waals surface area contributed by atoms with Gasteiger partial charge in [0.05, 0.1) is 0 Å². The third-order valence-electron chi connectivity index (χ3n) is 4.97. The lowest BCUT2D eigenvalue weighted by Gasteiger charge is -2.18. The summed E-state index contributed by atoms with van der Waals surface area (Å²) < 4.78 is 5.18. The number of amides is 2. The van der Waals surface area contributed by atoms with Crippen LogP contribution in [0, 0.1) is 0 Å². The van der Waals surface area contributed by atoms with Gasteiger partial charge < -0.3 is 20.5 Å². The highest BCUT2D eigenvalue weighted by Gasteiger charge is 2.17. The summed E-state index contributed by atoms with van der Waals surface area (Å²) in [5.41, 5.74) is 2.95. The average Bonchev–Trinajstić information content (AvgIpc) is 2.80. The van der Waals surface area contributed by atoms with Crippen molar-refractivity contribution in [1.82, 2.24) is 9.97 Å². The Morgan fingerprint density at radius 1 is 0.865 bits per heavy atom. The largest absolute Gasteiger partial charge is 0.478 e. The molecular formula is C26H29ClN4O6. The van der Waals surface area contributed by atoms with Gasteiger partial charge in [0.15, 0.2) is 0 Å². The minimum absolute atomic E-state index is 0. The SMILES string of the molecule is CC(C)(C)OC(=O)/C=C/c1cnc2c(c1)CCC(=O)N2.Cl.O=C(O)/C=C/c1cnc2c(c1)CCC(=O)N2. The van der Waals surface area contributed by atoms with E-state index in [-0.39, 0.29) is 30.2 Å². The molecule has 37 heavy (non-hydrogen) atoms. The molecule has 2 aliphatic heterocycles. The van der Waals surface area contributed by atoms with E-state index in [0.29, 0.717) is 37.3 Å². The Bertz CT molecular complexity index is 1250. The molecular weight excluding hydrogens is 500 g/mol. The monoisotopic (exact) mass is 528 g/mol. The molecule has 0 bridgehead atoms. The van der Waals surface area contributed by atoms with Gasteiger partial charge in [-0.25, -0.2) is 19.6 Å². The smallest absolute Gasteiger partial charge is 0.331 e. The molecule has 0 unspecified atom stereocenters. The summed E-state index contributed by atoms with van der Waals surface area (Å²) in [6, 6.07) is 3.75. The number of carboxylic acid groups (broad SMARTS) is 1. The zero-order valence-corrected chi connectivity index (χ0v) is 21.6. The number of fused-ring (bicyclic) bond motifs is 2. The number of aliphatic carboxylic acids is 1. The zero-order valence-electron chi connectivity index (χ0n) is 20.7. The number of nitrogens with zero attached hydrogens (tertiary/aromatic N) is 2. The van der Waals surface area contributed by atoms with Crippen molar-refractivity contribution in [2.75, 3.05) is 10.6 Å². The molecule has 11 heteroatoms. The molecule has 0 atom stereocenters. The molecule has 0 fully saturated rings. The summed E-state index contributed by atoms with van der Waals surface area (Å²) in [7, 11) is 0. The quantitative estimate of drug-likeness (QED) is 0.401. The number of pyridine rings is 2. The standard InChI is InChI=1S/C15H18N2O3.C11H10N2O3.ClH/c1-15(2,3)20-13(19)7-4-10-8-11-5-6-12(18)17-14(11)16-9-10;14-9-3-2-8-5-7(1-4-10(15)16)6-12-11(8)13-9;/h4,7-9H,5-6H2,1-3H3,(H,16,17,18);1,4-6H,2-3H2,(H,15,16)(H,12,13,14);1H/b7-4+;4-1+;. The molecule has 2 aromatic rings. The van der Waals surface area contributed by atoms with Gasteiger partial charge in [0.2, 0.25) is 11.8 Å². The van der Waals surface area contributed by atoms with Crippen LogP contribution in [0.25, 0.3) is 12.2 Å². The average molecular weight is 529 g/mol. The summed E-state index contributed by atoms with van der Waals surface area (Å²) in [5, 5.41) is 13.9. The highest BCUT2D eigenvalue weighted by atomic mass is 35.5. The van der Waals surface area contributed by atoms with Gasteiger partial charge in [-0.15, -0.1) is 12.4 Å². The number of aryl methyl sites for hydroxylation is 2. The van der Waals surface area contributed by atoms with Crippen molar-refractivity contribution in [2.24, 2.45) is 0 Å². The van der Waals surface area contributed by atoms with Gasteiger partial charge in [-0.2, -0.15) is 0 Å². The van der Waals surface area contributed by atoms with Crippen LogP contribution in [-0.4, -0.2) is 44.4 Å². The first-order chi connectivity index (χ1) is 17.0. The number of aromatic nitrogens is 2. The lowest BCUT2D eigenvalue weighted by atomic mass is 10.0. The van der Waals surface area contributed by atoms with E-state index < -0.39 is 11.6 Å². The second-order valence-electron chi connectivity index (χ2n) is 9.19. The minimum Gasteiger partial charge on any atom is -0.478 e. The molecule has 2 aliphatic rings. The number of hydrogen-bond donors (Lipinski definition) is 3. The van der Waals surface area contributed by atoms with Gasteiger partial charge in [0.1, 0.15) is 17.2 Å². The van der Waals surface area contributed by atoms with E-state index in [2.05, 4.69) is 20.6 Å². The van der Waals surface area contributed by atoms with Gasteiger partial charge in [0.25, 0.3) is 0 Å². The van der Waals surface area contributed by atoms with Crippen LogP contribution in [0.15, 0.2) is 36.7 Å². The maximum atomic E-state index is 11.6. The van der Waals surface area contributed by atoms with Crippen LogP contribution in [-0.2, 0) is 36.8 Å². The molecule has 0 radical (unpaired) electrons. The number of hydrogen-bond acceptors (Lipinski definition) is 7. The molecule has 0 saturated carbocycles. The number of rotatable bonds is 4. The van der Waals surface area contributed by atoms with Crippen LogP contribution in [0.3, 0.4) is 0 Å². The van der Waals surface area contributed by atoms with Crippen molar-refractivity contribution in [1.29, 1.82) is 0 Å². The first-order valence-corrected chi connectivity index (χ1v) is 11.4. The predicted molar refractivity (Wildman–Crippen MR) is 141 cm³/mol. The lowest BCUT2D eigenvalue weighted by molar-refractivity contribution is -0.148. The highest BCUT2D eigenvalue weighted by molar-refractivity contribution is 5.94. The van der Waals surface area contributed by atoms with Crippen LogP contribution >= 0.6 is 12.4 Å². The molecule has 0 aromatic carbocycles. The number of carbonyl (C=O) groups excluding carboxylic acids is 3. The van der Waals surface area contributed by atoms with Crippen molar-refractivity contribution in [2.45, 2.75) is 52.1 Å². The Morgan fingerprint density at radius 3 is 1.76 bits per heavy atom. The minimum atomic E-state index is -0.994. The van der Waals surface area contributed by atoms with E-state index >= 15 is 0 Å². The van der Waals surface area contributed by atoms with Gasteiger partial charge in [-0.1, -0.05) is 0 Å². The summed E-state index contributed by atoms with van der Waals surface area (Å²) in [6.45, 7) is 5.46. The maximum Gasteiger partial charge on any atom is 0.331 e. The Morgan fingerprint density at radius 2 is 1.32 bits per heavy atom. The maximum absolute atomic E-state index is 11.6. The molecule has 196 valence electrons. The van der Waals surface area contributed by atoms with Crippen LogP contribution in [0.4, 0.5) is 11.6 Å². The topological polar surface area (TPSA) is 148 Å². The number of esters is 1. The summed E-state index contributed by atoms with van der Waals surface area (Å²) in [6.07, 6.45) is 11.0. The molecule has 2 amide bonds. The van der Waals surface area contributed by atoms with E-state index in [0.717, 1.165) is 28.3 Å². The summed E-state index contributed by atoms with van der Waals surface area (Å²) in [5.74, 6) is -0.246. The first kappa shape index (κ1) is 29.2. The molecule has 2 aromatic heterocycles. The van der Waals surface area contributed by atoms with Crippen molar-refractivity contribution < 1.29 is 29.0 Å². The Hall–Kier alpha value is -4.05. The fraction of sp³-hybridized carbons (Fsp3) is 0.308. The summed E-state index contributed by atoms with van der Waals surface area (Å²) in [4.78, 5) is 52.5. The van der Waals surface area contributed by atoms with Gasteiger partial charge in [0, 0.05) is 37.4 Å². The number of carboxylic acids is 1. The molecule has 0 aliphatic carbocycles. The fourth-order valence-electron chi connectivity index (χ4n) is 3.40. The molecule has 0 saturated heterocycles. The number of anilines is 2. The third kappa shape index (κ3) is 9.49.